The minimum absolute atomic E-state index is 0.0229. The van der Waals surface area contributed by atoms with Crippen molar-refractivity contribution < 1.29 is 9.90 Å². The van der Waals surface area contributed by atoms with Crippen LogP contribution >= 0.6 is 0 Å². The van der Waals surface area contributed by atoms with Gasteiger partial charge in [-0.05, 0) is 13.3 Å². The monoisotopic (exact) mass is 255 g/mol. The predicted molar refractivity (Wildman–Crippen MR) is 67.0 cm³/mol. The number of rotatable bonds is 7. The van der Waals surface area contributed by atoms with Crippen molar-refractivity contribution in [1.29, 1.82) is 0 Å². The molecule has 7 heteroatoms. The van der Waals surface area contributed by atoms with Crippen molar-refractivity contribution in [2.24, 2.45) is 0 Å². The first-order valence-electron chi connectivity index (χ1n) is 6.16. The Hall–Kier alpha value is -1.63. The maximum Gasteiger partial charge on any atom is 0.317 e. The zero-order valence-electron chi connectivity index (χ0n) is 10.9. The number of nitrogens with one attached hydrogen (secondary N) is 1. The topological polar surface area (TPSA) is 83.3 Å². The van der Waals surface area contributed by atoms with E-state index in [9.17, 15) is 4.79 Å². The van der Waals surface area contributed by atoms with Gasteiger partial charge in [0, 0.05) is 19.1 Å². The Morgan fingerprint density at radius 1 is 1.56 bits per heavy atom. The van der Waals surface area contributed by atoms with Gasteiger partial charge in [0.2, 0.25) is 0 Å². The van der Waals surface area contributed by atoms with E-state index in [2.05, 4.69) is 15.4 Å². The summed E-state index contributed by atoms with van der Waals surface area (Å²) in [6, 6.07) is -0.198. The molecule has 0 spiro atoms. The minimum Gasteiger partial charge on any atom is -0.395 e. The molecule has 102 valence electrons. The fourth-order valence-electron chi connectivity index (χ4n) is 1.66. The fraction of sp³-hybridized carbons (Fsp3) is 0.727. The maximum absolute atomic E-state index is 11.9. The van der Waals surface area contributed by atoms with Gasteiger partial charge in [0.25, 0.3) is 0 Å². The van der Waals surface area contributed by atoms with Gasteiger partial charge >= 0.3 is 6.03 Å². The molecular formula is C11H21N5O2. The summed E-state index contributed by atoms with van der Waals surface area (Å²) >= 11 is 0. The fourth-order valence-corrected chi connectivity index (χ4v) is 1.66. The summed E-state index contributed by atoms with van der Waals surface area (Å²) < 4.78 is 1.67. The summed E-state index contributed by atoms with van der Waals surface area (Å²) in [6.45, 7) is 5.45. The van der Waals surface area contributed by atoms with Crippen LogP contribution in [0.1, 0.15) is 20.3 Å². The van der Waals surface area contributed by atoms with E-state index in [0.29, 0.717) is 19.6 Å². The van der Waals surface area contributed by atoms with Gasteiger partial charge in [-0.3, -0.25) is 4.68 Å². The molecular weight excluding hydrogens is 234 g/mol. The number of aliphatic hydroxyl groups excluding tert-OH is 1. The zero-order valence-corrected chi connectivity index (χ0v) is 10.9. The maximum atomic E-state index is 11.9. The first kappa shape index (κ1) is 14.4. The Morgan fingerprint density at radius 2 is 2.33 bits per heavy atom. The molecule has 0 aliphatic rings. The van der Waals surface area contributed by atoms with Crippen molar-refractivity contribution in [2.75, 3.05) is 19.7 Å². The molecule has 2 N–H and O–H groups in total. The van der Waals surface area contributed by atoms with Crippen LogP contribution in [0.5, 0.6) is 0 Å². The summed E-state index contributed by atoms with van der Waals surface area (Å²) in [7, 11) is 0. The molecule has 1 unspecified atom stereocenters. The molecule has 1 rings (SSSR count). The molecule has 18 heavy (non-hydrogen) atoms. The van der Waals surface area contributed by atoms with Crippen molar-refractivity contribution in [1.82, 2.24) is 25.0 Å². The van der Waals surface area contributed by atoms with Gasteiger partial charge in [0.15, 0.2) is 0 Å². The third-order valence-corrected chi connectivity index (χ3v) is 2.45. The van der Waals surface area contributed by atoms with E-state index in [1.165, 1.54) is 6.33 Å². The number of nitrogens with zero attached hydrogens (tertiary/aromatic N) is 4. The number of carbonyl (C=O) groups excluding carboxylic acids is 1. The van der Waals surface area contributed by atoms with Crippen molar-refractivity contribution >= 4 is 6.03 Å². The first-order valence-corrected chi connectivity index (χ1v) is 6.16. The van der Waals surface area contributed by atoms with E-state index < -0.39 is 0 Å². The van der Waals surface area contributed by atoms with E-state index in [4.69, 9.17) is 5.11 Å². The molecule has 1 aromatic rings. The molecule has 0 aromatic carbocycles. The smallest absolute Gasteiger partial charge is 0.317 e. The number of hydrogen-bond acceptors (Lipinski definition) is 4. The number of hydrogen-bond donors (Lipinski definition) is 2. The minimum atomic E-state index is -0.154. The Kier molecular flexibility index (Phi) is 6.13. The standard InChI is InChI=1S/C11H21N5O2/c1-3-4-15(5-6-17)11(18)14-10(2)7-16-9-12-8-13-16/h8-10,17H,3-7H2,1-2H3,(H,14,18). The number of carbonyl (C=O) groups is 1. The van der Waals surface area contributed by atoms with Gasteiger partial charge in [-0.15, -0.1) is 0 Å². The van der Waals surface area contributed by atoms with Crippen LogP contribution in [0.4, 0.5) is 4.79 Å². The molecule has 1 heterocycles. The van der Waals surface area contributed by atoms with Gasteiger partial charge < -0.3 is 15.3 Å². The Morgan fingerprint density at radius 3 is 2.89 bits per heavy atom. The van der Waals surface area contributed by atoms with Gasteiger partial charge in [-0.2, -0.15) is 5.10 Å². The Bertz CT molecular complexity index is 335. The van der Waals surface area contributed by atoms with Crippen molar-refractivity contribution in [3.8, 4) is 0 Å². The first-order chi connectivity index (χ1) is 8.67. The van der Waals surface area contributed by atoms with Crippen LogP contribution < -0.4 is 5.32 Å². The second kappa shape index (κ2) is 7.65. The van der Waals surface area contributed by atoms with Gasteiger partial charge in [-0.1, -0.05) is 6.92 Å². The highest BCUT2D eigenvalue weighted by Crippen LogP contribution is 1.95. The number of aromatic nitrogens is 3. The highest BCUT2D eigenvalue weighted by atomic mass is 16.3. The predicted octanol–water partition coefficient (Wildman–Crippen LogP) is 0.0805. The lowest BCUT2D eigenvalue weighted by molar-refractivity contribution is 0.173. The Balaban J connectivity index is 2.41. The van der Waals surface area contributed by atoms with Crippen LogP contribution in [0.15, 0.2) is 12.7 Å². The van der Waals surface area contributed by atoms with Gasteiger partial charge in [-0.25, -0.2) is 9.78 Å². The van der Waals surface area contributed by atoms with Gasteiger partial charge in [0.05, 0.1) is 13.2 Å². The molecule has 0 radical (unpaired) electrons. The molecule has 1 atom stereocenters. The third kappa shape index (κ3) is 4.70. The molecule has 0 aliphatic carbocycles. The summed E-state index contributed by atoms with van der Waals surface area (Å²) in [5.74, 6) is 0. The molecule has 0 saturated heterocycles. The summed E-state index contributed by atoms with van der Waals surface area (Å²) in [4.78, 5) is 17.4. The van der Waals surface area contributed by atoms with Crippen molar-refractivity contribution in [2.45, 2.75) is 32.9 Å². The number of urea groups is 1. The average molecular weight is 255 g/mol. The molecule has 2 amide bonds. The molecule has 0 aliphatic heterocycles. The lowest BCUT2D eigenvalue weighted by Crippen LogP contribution is -2.46. The van der Waals surface area contributed by atoms with Crippen LogP contribution in [0.2, 0.25) is 0 Å². The van der Waals surface area contributed by atoms with E-state index in [1.807, 2.05) is 13.8 Å². The van der Waals surface area contributed by atoms with E-state index in [-0.39, 0.29) is 18.7 Å². The third-order valence-electron chi connectivity index (χ3n) is 2.45. The average Bonchev–Trinajstić information content (AvgIpc) is 2.81. The van der Waals surface area contributed by atoms with E-state index in [1.54, 1.807) is 15.9 Å². The second-order valence-corrected chi connectivity index (χ2v) is 4.18. The number of amides is 2. The highest BCUT2D eigenvalue weighted by Gasteiger charge is 2.14. The molecule has 0 fully saturated rings. The summed E-state index contributed by atoms with van der Waals surface area (Å²) in [6.07, 6.45) is 3.94. The lowest BCUT2D eigenvalue weighted by Gasteiger charge is -2.24. The zero-order chi connectivity index (χ0) is 13.4. The quantitative estimate of drug-likeness (QED) is 0.723. The molecule has 0 bridgehead atoms. The summed E-state index contributed by atoms with van der Waals surface area (Å²) in [5, 5.41) is 15.8. The molecule has 1 aromatic heterocycles. The van der Waals surface area contributed by atoms with Crippen LogP contribution in [-0.2, 0) is 6.54 Å². The van der Waals surface area contributed by atoms with Gasteiger partial charge in [0.1, 0.15) is 12.7 Å². The largest absolute Gasteiger partial charge is 0.395 e. The van der Waals surface area contributed by atoms with Crippen LogP contribution in [0.3, 0.4) is 0 Å². The lowest BCUT2D eigenvalue weighted by atomic mass is 10.3. The van der Waals surface area contributed by atoms with E-state index in [0.717, 1.165) is 6.42 Å². The second-order valence-electron chi connectivity index (χ2n) is 4.18. The number of aliphatic hydroxyl groups is 1. The van der Waals surface area contributed by atoms with Crippen LogP contribution in [0.25, 0.3) is 0 Å². The van der Waals surface area contributed by atoms with Crippen molar-refractivity contribution in [3.05, 3.63) is 12.7 Å². The SMILES string of the molecule is CCCN(CCO)C(=O)NC(C)Cn1cncn1. The van der Waals surface area contributed by atoms with Crippen LogP contribution in [0, 0.1) is 0 Å². The van der Waals surface area contributed by atoms with E-state index >= 15 is 0 Å². The van der Waals surface area contributed by atoms with Crippen molar-refractivity contribution in [3.63, 3.8) is 0 Å². The molecule has 7 nitrogen and oxygen atoms in total. The Labute approximate surface area is 107 Å². The molecule has 0 saturated carbocycles. The normalized spacial score (nSPS) is 12.2. The van der Waals surface area contributed by atoms with Crippen LogP contribution in [-0.4, -0.2) is 56.5 Å². The summed E-state index contributed by atoms with van der Waals surface area (Å²) in [5.41, 5.74) is 0. The highest BCUT2D eigenvalue weighted by molar-refractivity contribution is 5.74.